The molecule has 7 heteroatoms. The van der Waals surface area contributed by atoms with Gasteiger partial charge in [0, 0.05) is 19.2 Å². The van der Waals surface area contributed by atoms with E-state index in [9.17, 15) is 14.9 Å². The summed E-state index contributed by atoms with van der Waals surface area (Å²) in [7, 11) is 0. The number of likely N-dealkylation sites (tertiary alicyclic amines) is 1. The third-order valence-electron chi connectivity index (χ3n) is 3.94. The third-order valence-corrected chi connectivity index (χ3v) is 4.77. The Morgan fingerprint density at radius 1 is 1.35 bits per heavy atom. The molecular weight excluding hydrogens is 314 g/mol. The van der Waals surface area contributed by atoms with Crippen LogP contribution in [0.5, 0.6) is 0 Å². The van der Waals surface area contributed by atoms with Gasteiger partial charge in [-0.25, -0.2) is 0 Å². The molecule has 3 rings (SSSR count). The first-order valence-corrected chi connectivity index (χ1v) is 8.25. The predicted octanol–water partition coefficient (Wildman–Crippen LogP) is 3.18. The molecule has 1 fully saturated rings. The molecule has 1 aliphatic heterocycles. The van der Waals surface area contributed by atoms with Crippen molar-refractivity contribution in [3.8, 4) is 0 Å². The van der Waals surface area contributed by atoms with Gasteiger partial charge in [0.15, 0.2) is 5.00 Å². The maximum absolute atomic E-state index is 12.5. The predicted molar refractivity (Wildman–Crippen MR) is 89.6 cm³/mol. The molecule has 1 amide bonds. The lowest BCUT2D eigenvalue weighted by Crippen LogP contribution is -2.33. The Morgan fingerprint density at radius 3 is 2.78 bits per heavy atom. The van der Waals surface area contributed by atoms with Crippen LogP contribution in [0.1, 0.15) is 17.5 Å². The fourth-order valence-electron chi connectivity index (χ4n) is 2.66. The van der Waals surface area contributed by atoms with Crippen molar-refractivity contribution in [2.75, 3.05) is 11.9 Å². The van der Waals surface area contributed by atoms with E-state index in [0.29, 0.717) is 24.5 Å². The second kappa shape index (κ2) is 6.37. The number of carbonyl (C=O) groups is 1. The van der Waals surface area contributed by atoms with Gasteiger partial charge in [0.25, 0.3) is 0 Å². The Balaban J connectivity index is 1.65. The standard InChI is InChI=1S/C16H17N3O3S/c1-11-2-4-12(5-3-11)10-18-8-6-13(16(18)20)17-15-14(19(21)22)7-9-23-15/h2-5,7,9,13,17H,6,8,10H2,1H3. The average molecular weight is 331 g/mol. The molecular formula is C16H17N3O3S. The molecule has 0 aliphatic carbocycles. The van der Waals surface area contributed by atoms with E-state index in [0.717, 1.165) is 5.56 Å². The minimum atomic E-state index is -0.428. The fourth-order valence-corrected chi connectivity index (χ4v) is 3.46. The number of hydrogen-bond donors (Lipinski definition) is 1. The molecule has 0 radical (unpaired) electrons. The van der Waals surface area contributed by atoms with Crippen LogP contribution in [0.4, 0.5) is 10.7 Å². The van der Waals surface area contributed by atoms with Crippen molar-refractivity contribution in [3.05, 3.63) is 57.0 Å². The van der Waals surface area contributed by atoms with Crippen LogP contribution >= 0.6 is 11.3 Å². The van der Waals surface area contributed by atoms with Gasteiger partial charge in [-0.1, -0.05) is 29.8 Å². The van der Waals surface area contributed by atoms with Crippen molar-refractivity contribution < 1.29 is 9.72 Å². The quantitative estimate of drug-likeness (QED) is 0.674. The highest BCUT2D eigenvalue weighted by Gasteiger charge is 2.33. The molecule has 2 heterocycles. The maximum Gasteiger partial charge on any atom is 0.303 e. The Labute approximate surface area is 137 Å². The van der Waals surface area contributed by atoms with Crippen LogP contribution in [0.25, 0.3) is 0 Å². The number of nitrogens with zero attached hydrogens (tertiary/aromatic N) is 2. The first-order valence-electron chi connectivity index (χ1n) is 7.37. The van der Waals surface area contributed by atoms with Crippen LogP contribution in [0.15, 0.2) is 35.7 Å². The Hall–Kier alpha value is -2.41. The molecule has 23 heavy (non-hydrogen) atoms. The zero-order chi connectivity index (χ0) is 16.4. The van der Waals surface area contributed by atoms with Gasteiger partial charge in [-0.3, -0.25) is 14.9 Å². The van der Waals surface area contributed by atoms with Gasteiger partial charge in [-0.15, -0.1) is 11.3 Å². The van der Waals surface area contributed by atoms with Crippen LogP contribution in [0, 0.1) is 17.0 Å². The molecule has 6 nitrogen and oxygen atoms in total. The highest BCUT2D eigenvalue weighted by molar-refractivity contribution is 7.14. The van der Waals surface area contributed by atoms with Crippen molar-refractivity contribution in [3.63, 3.8) is 0 Å². The normalized spacial score (nSPS) is 17.5. The zero-order valence-electron chi connectivity index (χ0n) is 12.7. The van der Waals surface area contributed by atoms with Crippen molar-refractivity contribution in [2.45, 2.75) is 25.9 Å². The summed E-state index contributed by atoms with van der Waals surface area (Å²) >= 11 is 1.25. The molecule has 0 saturated carbocycles. The van der Waals surface area contributed by atoms with Crippen LogP contribution in [0.2, 0.25) is 0 Å². The monoisotopic (exact) mass is 331 g/mol. The SMILES string of the molecule is Cc1ccc(CN2CCC(Nc3sccc3[N+](=O)[O-])C2=O)cc1. The molecule has 0 bridgehead atoms. The van der Waals surface area contributed by atoms with Crippen molar-refractivity contribution in [1.29, 1.82) is 0 Å². The van der Waals surface area contributed by atoms with Gasteiger partial charge in [-0.05, 0) is 24.3 Å². The second-order valence-electron chi connectivity index (χ2n) is 5.62. The summed E-state index contributed by atoms with van der Waals surface area (Å²) in [6.07, 6.45) is 0.653. The summed E-state index contributed by atoms with van der Waals surface area (Å²) in [5, 5.41) is 16.1. The molecule has 1 N–H and O–H groups in total. The average Bonchev–Trinajstić information content (AvgIpc) is 3.11. The first-order chi connectivity index (χ1) is 11.0. The van der Waals surface area contributed by atoms with E-state index in [-0.39, 0.29) is 11.6 Å². The maximum atomic E-state index is 12.5. The molecule has 1 aromatic carbocycles. The number of benzene rings is 1. The zero-order valence-corrected chi connectivity index (χ0v) is 13.5. The molecule has 1 aromatic heterocycles. The summed E-state index contributed by atoms with van der Waals surface area (Å²) in [6.45, 7) is 3.26. The van der Waals surface area contributed by atoms with Gasteiger partial charge < -0.3 is 10.2 Å². The summed E-state index contributed by atoms with van der Waals surface area (Å²) < 4.78 is 0. The van der Waals surface area contributed by atoms with E-state index in [2.05, 4.69) is 5.32 Å². The highest BCUT2D eigenvalue weighted by atomic mass is 32.1. The molecule has 0 spiro atoms. The number of nitrogens with one attached hydrogen (secondary N) is 1. The number of hydrogen-bond acceptors (Lipinski definition) is 5. The van der Waals surface area contributed by atoms with Crippen LogP contribution < -0.4 is 5.32 Å². The number of amides is 1. The second-order valence-corrected chi connectivity index (χ2v) is 6.54. The van der Waals surface area contributed by atoms with E-state index < -0.39 is 11.0 Å². The van der Waals surface area contributed by atoms with Gasteiger partial charge in [0.2, 0.25) is 5.91 Å². The van der Waals surface area contributed by atoms with Gasteiger partial charge >= 0.3 is 5.69 Å². The summed E-state index contributed by atoms with van der Waals surface area (Å²) in [4.78, 5) is 24.8. The lowest BCUT2D eigenvalue weighted by Gasteiger charge is -2.17. The fraction of sp³-hybridized carbons (Fsp3) is 0.312. The van der Waals surface area contributed by atoms with Crippen molar-refractivity contribution in [1.82, 2.24) is 4.90 Å². The molecule has 1 unspecified atom stereocenters. The number of carbonyl (C=O) groups excluding carboxylic acids is 1. The van der Waals surface area contributed by atoms with E-state index in [4.69, 9.17) is 0 Å². The van der Waals surface area contributed by atoms with Crippen LogP contribution in [-0.4, -0.2) is 28.3 Å². The van der Waals surface area contributed by atoms with Gasteiger partial charge in [-0.2, -0.15) is 0 Å². The molecule has 120 valence electrons. The van der Waals surface area contributed by atoms with Gasteiger partial charge in [0.05, 0.1) is 4.92 Å². The lowest BCUT2D eigenvalue weighted by molar-refractivity contribution is -0.383. The van der Waals surface area contributed by atoms with Crippen LogP contribution in [-0.2, 0) is 11.3 Å². The summed E-state index contributed by atoms with van der Waals surface area (Å²) in [6, 6.07) is 9.16. The van der Waals surface area contributed by atoms with Crippen LogP contribution in [0.3, 0.4) is 0 Å². The Bertz CT molecular complexity index is 726. The van der Waals surface area contributed by atoms with E-state index >= 15 is 0 Å². The number of nitro groups is 1. The lowest BCUT2D eigenvalue weighted by atomic mass is 10.1. The minimum absolute atomic E-state index is 0.00623. The molecule has 1 aliphatic rings. The van der Waals surface area contributed by atoms with Crippen molar-refractivity contribution in [2.24, 2.45) is 0 Å². The molecule has 2 aromatic rings. The largest absolute Gasteiger partial charge is 0.360 e. The topological polar surface area (TPSA) is 75.5 Å². The van der Waals surface area contributed by atoms with E-state index in [1.807, 2.05) is 31.2 Å². The number of rotatable bonds is 5. The number of thiophene rings is 1. The first kappa shape index (κ1) is 15.5. The Morgan fingerprint density at radius 2 is 2.09 bits per heavy atom. The third kappa shape index (κ3) is 3.34. The Kier molecular flexibility index (Phi) is 4.29. The van der Waals surface area contributed by atoms with E-state index in [1.54, 1.807) is 10.3 Å². The van der Waals surface area contributed by atoms with E-state index in [1.165, 1.54) is 23.0 Å². The number of aryl methyl sites for hydroxylation is 1. The van der Waals surface area contributed by atoms with Gasteiger partial charge in [0.1, 0.15) is 6.04 Å². The smallest absolute Gasteiger partial charge is 0.303 e. The summed E-state index contributed by atoms with van der Waals surface area (Å²) in [5.41, 5.74) is 2.30. The van der Waals surface area contributed by atoms with Crippen molar-refractivity contribution >= 4 is 27.9 Å². The number of anilines is 1. The highest BCUT2D eigenvalue weighted by Crippen LogP contribution is 2.32. The molecule has 1 saturated heterocycles. The summed E-state index contributed by atoms with van der Waals surface area (Å²) in [5.74, 6) is -0.00623. The minimum Gasteiger partial charge on any atom is -0.360 e. The molecule has 1 atom stereocenters.